The van der Waals surface area contributed by atoms with Crippen LogP contribution >= 0.6 is 0 Å². The van der Waals surface area contributed by atoms with E-state index >= 15 is 0 Å². The minimum Gasteiger partial charge on any atom is -0.452 e. The highest BCUT2D eigenvalue weighted by Crippen LogP contribution is 2.02. The van der Waals surface area contributed by atoms with Crippen LogP contribution in [0.3, 0.4) is 0 Å². The summed E-state index contributed by atoms with van der Waals surface area (Å²) in [5, 5.41) is 0. The third-order valence-corrected chi connectivity index (χ3v) is 1.93. The third kappa shape index (κ3) is 3.27. The SMILES string of the molecule is COC(=O)N(C)C(=O)OCc1ccccc1. The minimum absolute atomic E-state index is 0.126. The van der Waals surface area contributed by atoms with Gasteiger partial charge in [-0.05, 0) is 5.56 Å². The summed E-state index contributed by atoms with van der Waals surface area (Å²) in [6.07, 6.45) is -1.49. The van der Waals surface area contributed by atoms with Crippen LogP contribution in [0.25, 0.3) is 0 Å². The van der Waals surface area contributed by atoms with Crippen molar-refractivity contribution in [2.75, 3.05) is 14.2 Å². The van der Waals surface area contributed by atoms with Crippen molar-refractivity contribution in [1.82, 2.24) is 4.90 Å². The molecule has 0 aliphatic rings. The summed E-state index contributed by atoms with van der Waals surface area (Å²) in [4.78, 5) is 23.1. The molecule has 0 spiro atoms. The van der Waals surface area contributed by atoms with Crippen molar-refractivity contribution in [1.29, 1.82) is 0 Å². The van der Waals surface area contributed by atoms with E-state index in [0.717, 1.165) is 10.5 Å². The molecule has 1 aromatic rings. The van der Waals surface area contributed by atoms with E-state index in [1.54, 1.807) is 0 Å². The molecule has 0 bridgehead atoms. The van der Waals surface area contributed by atoms with Gasteiger partial charge in [-0.1, -0.05) is 30.3 Å². The lowest BCUT2D eigenvalue weighted by molar-refractivity contribution is 0.0901. The predicted molar refractivity (Wildman–Crippen MR) is 56.8 cm³/mol. The first-order chi connectivity index (χ1) is 7.65. The number of rotatable bonds is 2. The Balaban J connectivity index is 2.44. The van der Waals surface area contributed by atoms with Gasteiger partial charge >= 0.3 is 12.2 Å². The number of ether oxygens (including phenoxy) is 2. The first-order valence-electron chi connectivity index (χ1n) is 4.67. The molecule has 1 rings (SSSR count). The highest BCUT2D eigenvalue weighted by molar-refractivity contribution is 5.87. The van der Waals surface area contributed by atoms with Gasteiger partial charge in [0.25, 0.3) is 0 Å². The number of benzene rings is 1. The average Bonchev–Trinajstić information content (AvgIpc) is 2.35. The van der Waals surface area contributed by atoms with Gasteiger partial charge in [0.05, 0.1) is 7.11 Å². The van der Waals surface area contributed by atoms with Crippen molar-refractivity contribution in [3.8, 4) is 0 Å². The van der Waals surface area contributed by atoms with E-state index in [1.807, 2.05) is 30.3 Å². The van der Waals surface area contributed by atoms with Crippen LogP contribution in [-0.4, -0.2) is 31.2 Å². The van der Waals surface area contributed by atoms with Crippen molar-refractivity contribution in [3.05, 3.63) is 35.9 Å². The molecule has 5 nitrogen and oxygen atoms in total. The smallest absolute Gasteiger partial charge is 0.419 e. The summed E-state index contributed by atoms with van der Waals surface area (Å²) in [7, 11) is 2.49. The number of carbonyl (C=O) groups is 2. The summed E-state index contributed by atoms with van der Waals surface area (Å²) in [6.45, 7) is 0.126. The zero-order chi connectivity index (χ0) is 12.0. The van der Waals surface area contributed by atoms with Gasteiger partial charge < -0.3 is 9.47 Å². The van der Waals surface area contributed by atoms with Gasteiger partial charge in [0, 0.05) is 7.05 Å². The Bertz CT molecular complexity index is 364. The Hall–Kier alpha value is -2.04. The maximum absolute atomic E-state index is 11.3. The summed E-state index contributed by atoms with van der Waals surface area (Å²) in [6, 6.07) is 9.20. The molecule has 0 aliphatic heterocycles. The Morgan fingerprint density at radius 3 is 2.38 bits per heavy atom. The summed E-state index contributed by atoms with van der Waals surface area (Å²) >= 11 is 0. The van der Waals surface area contributed by atoms with Crippen LogP contribution < -0.4 is 0 Å². The van der Waals surface area contributed by atoms with E-state index < -0.39 is 12.2 Å². The van der Waals surface area contributed by atoms with E-state index in [1.165, 1.54) is 14.2 Å². The normalized spacial score (nSPS) is 9.38. The Kier molecular flexibility index (Phi) is 4.32. The fraction of sp³-hybridized carbons (Fsp3) is 0.273. The van der Waals surface area contributed by atoms with Gasteiger partial charge in [0.2, 0.25) is 0 Å². The standard InChI is InChI=1S/C11H13NO4/c1-12(10(13)15-2)11(14)16-8-9-6-4-3-5-7-9/h3-7H,8H2,1-2H3. The molecular formula is C11H13NO4. The topological polar surface area (TPSA) is 55.8 Å². The Morgan fingerprint density at radius 2 is 1.81 bits per heavy atom. The molecule has 0 heterocycles. The second-order valence-corrected chi connectivity index (χ2v) is 3.07. The van der Waals surface area contributed by atoms with Crippen LogP contribution in [0.2, 0.25) is 0 Å². The average molecular weight is 223 g/mol. The molecule has 86 valence electrons. The zero-order valence-electron chi connectivity index (χ0n) is 9.17. The molecule has 0 radical (unpaired) electrons. The molecule has 1 aromatic carbocycles. The van der Waals surface area contributed by atoms with Gasteiger partial charge in [-0.25, -0.2) is 14.5 Å². The van der Waals surface area contributed by atoms with Crippen molar-refractivity contribution < 1.29 is 19.1 Å². The Labute approximate surface area is 93.6 Å². The second-order valence-electron chi connectivity index (χ2n) is 3.07. The van der Waals surface area contributed by atoms with Crippen LogP contribution in [0.15, 0.2) is 30.3 Å². The molecule has 0 fully saturated rings. The number of amides is 2. The molecule has 0 unspecified atom stereocenters. The largest absolute Gasteiger partial charge is 0.452 e. The lowest BCUT2D eigenvalue weighted by Gasteiger charge is -2.13. The maximum Gasteiger partial charge on any atom is 0.419 e. The van der Waals surface area contributed by atoms with Crippen molar-refractivity contribution in [3.63, 3.8) is 0 Å². The third-order valence-electron chi connectivity index (χ3n) is 1.93. The molecule has 5 heteroatoms. The first-order valence-corrected chi connectivity index (χ1v) is 4.67. The van der Waals surface area contributed by atoms with Crippen LogP contribution in [0.5, 0.6) is 0 Å². The maximum atomic E-state index is 11.3. The number of hydrogen-bond donors (Lipinski definition) is 0. The minimum atomic E-state index is -0.752. The van der Waals surface area contributed by atoms with E-state index in [2.05, 4.69) is 4.74 Å². The molecule has 0 atom stereocenters. The highest BCUT2D eigenvalue weighted by Gasteiger charge is 2.18. The number of methoxy groups -OCH3 is 1. The molecule has 0 N–H and O–H groups in total. The van der Waals surface area contributed by atoms with Crippen LogP contribution in [0, 0.1) is 0 Å². The number of imide groups is 1. The number of carbonyl (C=O) groups excluding carboxylic acids is 2. The van der Waals surface area contributed by atoms with E-state index in [-0.39, 0.29) is 6.61 Å². The molecule has 0 saturated carbocycles. The van der Waals surface area contributed by atoms with Gasteiger partial charge in [0.15, 0.2) is 0 Å². The fourth-order valence-electron chi connectivity index (χ4n) is 1.03. The molecule has 16 heavy (non-hydrogen) atoms. The zero-order valence-corrected chi connectivity index (χ0v) is 9.17. The van der Waals surface area contributed by atoms with Crippen molar-refractivity contribution >= 4 is 12.2 Å². The quantitative estimate of drug-likeness (QED) is 0.769. The van der Waals surface area contributed by atoms with Crippen LogP contribution in [-0.2, 0) is 16.1 Å². The lowest BCUT2D eigenvalue weighted by atomic mass is 10.2. The second kappa shape index (κ2) is 5.75. The molecule has 2 amide bonds. The highest BCUT2D eigenvalue weighted by atomic mass is 16.6. The summed E-state index contributed by atoms with van der Waals surface area (Å²) in [5.41, 5.74) is 0.856. The lowest BCUT2D eigenvalue weighted by Crippen LogP contribution is -2.33. The van der Waals surface area contributed by atoms with Gasteiger partial charge in [-0.3, -0.25) is 0 Å². The fourth-order valence-corrected chi connectivity index (χ4v) is 1.03. The molecule has 0 aliphatic carbocycles. The predicted octanol–water partition coefficient (Wildman–Crippen LogP) is 2.02. The molecular weight excluding hydrogens is 210 g/mol. The van der Waals surface area contributed by atoms with Gasteiger partial charge in [-0.15, -0.1) is 0 Å². The van der Waals surface area contributed by atoms with Gasteiger partial charge in [-0.2, -0.15) is 0 Å². The van der Waals surface area contributed by atoms with Crippen molar-refractivity contribution in [2.45, 2.75) is 6.61 Å². The monoisotopic (exact) mass is 223 g/mol. The van der Waals surface area contributed by atoms with Gasteiger partial charge in [0.1, 0.15) is 6.61 Å². The first kappa shape index (κ1) is 12.0. The van der Waals surface area contributed by atoms with Crippen LogP contribution in [0.4, 0.5) is 9.59 Å². The van der Waals surface area contributed by atoms with E-state index in [9.17, 15) is 9.59 Å². The van der Waals surface area contributed by atoms with E-state index in [4.69, 9.17) is 4.74 Å². The molecule has 0 aromatic heterocycles. The van der Waals surface area contributed by atoms with E-state index in [0.29, 0.717) is 0 Å². The van der Waals surface area contributed by atoms with Crippen molar-refractivity contribution in [2.24, 2.45) is 0 Å². The summed E-state index contributed by atoms with van der Waals surface area (Å²) in [5.74, 6) is 0. The van der Waals surface area contributed by atoms with Crippen LogP contribution in [0.1, 0.15) is 5.56 Å². The Morgan fingerprint density at radius 1 is 1.19 bits per heavy atom. The number of nitrogens with zero attached hydrogens (tertiary/aromatic N) is 1. The molecule has 0 saturated heterocycles. The summed E-state index contributed by atoms with van der Waals surface area (Å²) < 4.78 is 9.27. The number of hydrogen-bond acceptors (Lipinski definition) is 4.